The molecule has 0 aromatic carbocycles. The van der Waals surface area contributed by atoms with Gasteiger partial charge in [0.05, 0.1) is 6.42 Å². The van der Waals surface area contributed by atoms with Crippen LogP contribution in [0, 0.1) is 0 Å². The Balaban J connectivity index is 1.94. The fourth-order valence-corrected chi connectivity index (χ4v) is 2.57. The molecule has 0 spiro atoms. The molecule has 2 heterocycles. The van der Waals surface area contributed by atoms with E-state index in [9.17, 15) is 13.6 Å². The molecule has 1 amide bonds. The molecular formula is C14H21F2N5O. The Kier molecular flexibility index (Phi) is 5.10. The summed E-state index contributed by atoms with van der Waals surface area (Å²) in [7, 11) is 1.78. The summed E-state index contributed by atoms with van der Waals surface area (Å²) in [6, 6.07) is 1.90. The minimum absolute atomic E-state index is 0.0639. The van der Waals surface area contributed by atoms with Gasteiger partial charge in [-0.3, -0.25) is 4.79 Å². The van der Waals surface area contributed by atoms with E-state index >= 15 is 0 Å². The second kappa shape index (κ2) is 6.85. The monoisotopic (exact) mass is 313 g/mol. The van der Waals surface area contributed by atoms with Crippen LogP contribution in [0.3, 0.4) is 0 Å². The van der Waals surface area contributed by atoms with Gasteiger partial charge in [-0.05, 0) is 19.8 Å². The summed E-state index contributed by atoms with van der Waals surface area (Å²) >= 11 is 0. The minimum atomic E-state index is -2.98. The Bertz CT molecular complexity index is 520. The molecule has 1 aliphatic rings. The first-order valence-corrected chi connectivity index (χ1v) is 7.30. The summed E-state index contributed by atoms with van der Waals surface area (Å²) in [5, 5.41) is 5.54. The lowest BCUT2D eigenvalue weighted by Crippen LogP contribution is -2.41. The Morgan fingerprint density at radius 3 is 2.95 bits per heavy atom. The van der Waals surface area contributed by atoms with Crippen molar-refractivity contribution in [3.05, 3.63) is 12.4 Å². The van der Waals surface area contributed by atoms with Gasteiger partial charge < -0.3 is 15.5 Å². The van der Waals surface area contributed by atoms with Crippen LogP contribution in [0.15, 0.2) is 12.4 Å². The fraction of sp³-hybridized carbons (Fsp3) is 0.643. The van der Waals surface area contributed by atoms with E-state index in [0.29, 0.717) is 12.4 Å². The van der Waals surface area contributed by atoms with Gasteiger partial charge in [0.25, 0.3) is 5.92 Å². The average Bonchev–Trinajstić information content (AvgIpc) is 2.92. The van der Waals surface area contributed by atoms with Gasteiger partial charge in [-0.15, -0.1) is 0 Å². The molecule has 1 unspecified atom stereocenters. The Hall–Kier alpha value is -1.99. The van der Waals surface area contributed by atoms with Crippen LogP contribution in [0.25, 0.3) is 0 Å². The maximum absolute atomic E-state index is 12.8. The molecule has 1 atom stereocenters. The highest BCUT2D eigenvalue weighted by molar-refractivity contribution is 5.76. The lowest BCUT2D eigenvalue weighted by atomic mass is 10.2. The zero-order chi connectivity index (χ0) is 16.2. The highest BCUT2D eigenvalue weighted by Crippen LogP contribution is 2.24. The molecule has 1 aromatic heterocycles. The molecule has 8 heteroatoms. The summed E-state index contributed by atoms with van der Waals surface area (Å²) < 4.78 is 25.6. The van der Waals surface area contributed by atoms with Crippen molar-refractivity contribution in [2.75, 3.05) is 30.4 Å². The Morgan fingerprint density at radius 2 is 2.27 bits per heavy atom. The van der Waals surface area contributed by atoms with Gasteiger partial charge >= 0.3 is 0 Å². The minimum Gasteiger partial charge on any atom is -0.373 e. The molecule has 122 valence electrons. The summed E-state index contributed by atoms with van der Waals surface area (Å²) in [5.74, 6) is -2.12. The van der Waals surface area contributed by atoms with Crippen molar-refractivity contribution in [1.82, 2.24) is 15.3 Å². The van der Waals surface area contributed by atoms with Crippen molar-refractivity contribution in [3.8, 4) is 0 Å². The van der Waals surface area contributed by atoms with Crippen molar-refractivity contribution in [2.24, 2.45) is 0 Å². The van der Waals surface area contributed by atoms with Crippen LogP contribution in [0.2, 0.25) is 0 Å². The number of carbonyl (C=O) groups excluding carboxylic acids is 1. The molecule has 22 heavy (non-hydrogen) atoms. The highest BCUT2D eigenvalue weighted by Gasteiger charge is 2.29. The number of anilines is 2. The van der Waals surface area contributed by atoms with E-state index in [1.165, 1.54) is 6.33 Å². The van der Waals surface area contributed by atoms with Crippen LogP contribution >= 0.6 is 0 Å². The average molecular weight is 313 g/mol. The van der Waals surface area contributed by atoms with Crippen molar-refractivity contribution in [2.45, 2.75) is 38.2 Å². The molecule has 1 fully saturated rings. The van der Waals surface area contributed by atoms with Gasteiger partial charge in [-0.25, -0.2) is 18.7 Å². The summed E-state index contributed by atoms with van der Waals surface area (Å²) in [6.07, 6.45) is 2.56. The number of nitrogens with one attached hydrogen (secondary N) is 2. The summed E-state index contributed by atoms with van der Waals surface area (Å²) in [6.45, 7) is 1.91. The molecular weight excluding hydrogens is 292 g/mol. The first-order chi connectivity index (χ1) is 10.4. The van der Waals surface area contributed by atoms with Crippen LogP contribution < -0.4 is 15.5 Å². The van der Waals surface area contributed by atoms with Gasteiger partial charge in [0.2, 0.25) is 5.91 Å². The van der Waals surface area contributed by atoms with Crippen molar-refractivity contribution < 1.29 is 13.6 Å². The molecule has 2 rings (SSSR count). The maximum Gasteiger partial charge on any atom is 0.254 e. The van der Waals surface area contributed by atoms with E-state index in [1.807, 2.05) is 6.07 Å². The SMILES string of the molecule is CNc1cc(N2CCCC2CNC(=O)CC(C)(F)F)ncn1. The first kappa shape index (κ1) is 16.4. The molecule has 1 aromatic rings. The number of carbonyl (C=O) groups is 1. The van der Waals surface area contributed by atoms with E-state index in [-0.39, 0.29) is 6.04 Å². The lowest BCUT2D eigenvalue weighted by molar-refractivity contribution is -0.127. The molecule has 0 aliphatic carbocycles. The zero-order valence-corrected chi connectivity index (χ0v) is 12.8. The second-order valence-corrected chi connectivity index (χ2v) is 5.55. The molecule has 0 bridgehead atoms. The van der Waals surface area contributed by atoms with E-state index < -0.39 is 18.3 Å². The van der Waals surface area contributed by atoms with Crippen molar-refractivity contribution in [1.29, 1.82) is 0 Å². The fourth-order valence-electron chi connectivity index (χ4n) is 2.57. The van der Waals surface area contributed by atoms with Gasteiger partial charge in [-0.1, -0.05) is 0 Å². The van der Waals surface area contributed by atoms with Gasteiger partial charge in [0.1, 0.15) is 18.0 Å². The van der Waals surface area contributed by atoms with E-state index in [2.05, 4.69) is 25.5 Å². The molecule has 2 N–H and O–H groups in total. The van der Waals surface area contributed by atoms with E-state index in [0.717, 1.165) is 32.1 Å². The number of nitrogens with zero attached hydrogens (tertiary/aromatic N) is 3. The lowest BCUT2D eigenvalue weighted by Gasteiger charge is -2.26. The number of hydrogen-bond acceptors (Lipinski definition) is 5. The number of aromatic nitrogens is 2. The van der Waals surface area contributed by atoms with Crippen LogP contribution in [0.5, 0.6) is 0 Å². The third-order valence-corrected chi connectivity index (χ3v) is 3.59. The van der Waals surface area contributed by atoms with Crippen LogP contribution in [0.4, 0.5) is 20.4 Å². The number of alkyl halides is 2. The van der Waals surface area contributed by atoms with Gasteiger partial charge in [0.15, 0.2) is 0 Å². The predicted octanol–water partition coefficient (Wildman–Crippen LogP) is 1.65. The van der Waals surface area contributed by atoms with Gasteiger partial charge in [-0.2, -0.15) is 0 Å². The molecule has 0 saturated carbocycles. The number of amides is 1. The van der Waals surface area contributed by atoms with Crippen molar-refractivity contribution >= 4 is 17.5 Å². The van der Waals surface area contributed by atoms with Crippen LogP contribution in [-0.4, -0.2) is 48.0 Å². The van der Waals surface area contributed by atoms with Crippen LogP contribution in [0.1, 0.15) is 26.2 Å². The largest absolute Gasteiger partial charge is 0.373 e. The van der Waals surface area contributed by atoms with Crippen molar-refractivity contribution in [3.63, 3.8) is 0 Å². The third kappa shape index (κ3) is 4.51. The standard InChI is InChI=1S/C14H21F2N5O/c1-14(15,16)7-13(22)18-8-10-4-3-5-21(10)12-6-11(17-2)19-9-20-12/h6,9-10H,3-5,7-8H2,1-2H3,(H,18,22)(H,17,19,20). The summed E-state index contributed by atoms with van der Waals surface area (Å²) in [5.41, 5.74) is 0. The molecule has 6 nitrogen and oxygen atoms in total. The predicted molar refractivity (Wildman–Crippen MR) is 80.2 cm³/mol. The Labute approximate surface area is 128 Å². The smallest absolute Gasteiger partial charge is 0.254 e. The number of halogens is 2. The van der Waals surface area contributed by atoms with E-state index in [4.69, 9.17) is 0 Å². The molecule has 0 radical (unpaired) electrons. The normalized spacial score (nSPS) is 18.4. The maximum atomic E-state index is 12.8. The third-order valence-electron chi connectivity index (χ3n) is 3.59. The Morgan fingerprint density at radius 1 is 1.50 bits per heavy atom. The number of hydrogen-bond donors (Lipinski definition) is 2. The van der Waals surface area contributed by atoms with Gasteiger partial charge in [0, 0.05) is 32.2 Å². The highest BCUT2D eigenvalue weighted by atomic mass is 19.3. The topological polar surface area (TPSA) is 70.2 Å². The quantitative estimate of drug-likeness (QED) is 0.836. The number of rotatable bonds is 6. The molecule has 1 aliphatic heterocycles. The van der Waals surface area contributed by atoms with E-state index in [1.54, 1.807) is 7.05 Å². The zero-order valence-electron chi connectivity index (χ0n) is 12.8. The summed E-state index contributed by atoms with van der Waals surface area (Å²) in [4.78, 5) is 21.9. The van der Waals surface area contributed by atoms with Crippen LogP contribution in [-0.2, 0) is 4.79 Å². The second-order valence-electron chi connectivity index (χ2n) is 5.55. The first-order valence-electron chi connectivity index (χ1n) is 7.30. The molecule has 1 saturated heterocycles.